The first-order chi connectivity index (χ1) is 39.0. The highest BCUT2D eigenvalue weighted by atomic mass is 16.5. The van der Waals surface area contributed by atoms with Crippen molar-refractivity contribution in [1.29, 1.82) is 0 Å². The standard InChI is InChI=1S/C60H112N10O12/c1-41(2)51(73)27-23-43(5)53(75)29-25-46(8)56(82-36-18-14-20-48-38-70(68-66-48)34-16-10-12-22-58(78)64-50(40-72)60(62)80)32-30-54(76)44(6)24-28-52(74)45(7)26-31-55(42(3)4)81-35-17-13-19-47-37-69(67-65-47)33-15-9-11-21-57(77)63-49(39-71)59(61)79/h37-38,41-46,49-56,71-76H,9-36,39-40H2,1-8H3,(H2,61,79)(H2,62,80)(H,63,77)(H,64,78)/t43?,44?,45?,46?,49-,50-,51?,52?,53?,54?,55?,56?/m0/s1. The van der Waals surface area contributed by atoms with E-state index in [9.17, 15) is 44.7 Å². The van der Waals surface area contributed by atoms with Crippen LogP contribution in [-0.4, -0.2) is 159 Å². The number of primary amides is 2. The lowest BCUT2D eigenvalue weighted by atomic mass is 9.86. The predicted molar refractivity (Wildman–Crippen MR) is 315 cm³/mol. The van der Waals surface area contributed by atoms with E-state index in [-0.39, 0.29) is 72.6 Å². The monoisotopic (exact) mass is 1160 g/mol. The van der Waals surface area contributed by atoms with Gasteiger partial charge in [0.1, 0.15) is 12.1 Å². The molecule has 12 atom stereocenters. The number of carbonyl (C=O) groups is 4. The molecule has 10 unspecified atom stereocenters. The molecule has 2 rings (SSSR count). The van der Waals surface area contributed by atoms with Crippen molar-refractivity contribution in [2.75, 3.05) is 26.4 Å². The van der Waals surface area contributed by atoms with E-state index in [0.717, 1.165) is 101 Å². The van der Waals surface area contributed by atoms with Gasteiger partial charge in [-0.05, 0) is 164 Å². The molecule has 0 saturated heterocycles. The third-order valence-electron chi connectivity index (χ3n) is 16.3. The number of hydrogen-bond acceptors (Lipinski definition) is 16. The summed E-state index contributed by atoms with van der Waals surface area (Å²) in [7, 11) is 0. The van der Waals surface area contributed by atoms with Gasteiger partial charge < -0.3 is 62.2 Å². The second kappa shape index (κ2) is 42.6. The Kier molecular flexibility index (Phi) is 38.4. The highest BCUT2D eigenvalue weighted by Gasteiger charge is 2.27. The topological polar surface area (TPSA) is 346 Å². The molecule has 0 spiro atoms. The number of amides is 4. The quantitative estimate of drug-likeness (QED) is 0.0379. The van der Waals surface area contributed by atoms with Crippen LogP contribution in [0.25, 0.3) is 0 Å². The number of unbranched alkanes of at least 4 members (excludes halogenated alkanes) is 6. The van der Waals surface area contributed by atoms with Crippen molar-refractivity contribution in [3.63, 3.8) is 0 Å². The minimum Gasteiger partial charge on any atom is -0.394 e. The number of nitrogens with one attached hydrogen (secondary N) is 2. The molecular formula is C60H112N10O12. The molecule has 82 heavy (non-hydrogen) atoms. The second-order valence-corrected chi connectivity index (χ2v) is 24.3. The van der Waals surface area contributed by atoms with Crippen LogP contribution < -0.4 is 22.1 Å². The van der Waals surface area contributed by atoms with Crippen LogP contribution in [0.4, 0.5) is 0 Å². The van der Waals surface area contributed by atoms with Crippen molar-refractivity contribution in [3.8, 4) is 0 Å². The lowest BCUT2D eigenvalue weighted by Gasteiger charge is -2.29. The fourth-order valence-corrected chi connectivity index (χ4v) is 9.98. The van der Waals surface area contributed by atoms with Crippen LogP contribution in [0.5, 0.6) is 0 Å². The number of nitrogens with two attached hydrogens (primary N) is 2. The van der Waals surface area contributed by atoms with Crippen LogP contribution in [0.2, 0.25) is 0 Å². The molecule has 0 radical (unpaired) electrons. The SMILES string of the molecule is CC(C)C(O)CCC(C)C(O)CCC(C)C(CCC(O)C(C)CCC(O)C(C)CCC(OCCCCc1cn(CCCCCC(=O)N[C@@H](CO)C(N)=O)nn1)C(C)C)OCCCCc1cn(CCCCCC(=O)N[C@@H](CO)C(N)=O)nn1. The summed E-state index contributed by atoms with van der Waals surface area (Å²) < 4.78 is 16.6. The Bertz CT molecular complexity index is 2010. The molecule has 2 aromatic rings. The summed E-state index contributed by atoms with van der Waals surface area (Å²) in [5, 5.41) is 84.6. The van der Waals surface area contributed by atoms with E-state index >= 15 is 0 Å². The molecule has 0 fully saturated rings. The van der Waals surface area contributed by atoms with Crippen molar-refractivity contribution in [1.82, 2.24) is 40.6 Å². The molecule has 474 valence electrons. The van der Waals surface area contributed by atoms with E-state index in [1.807, 2.05) is 42.5 Å². The van der Waals surface area contributed by atoms with Crippen molar-refractivity contribution in [3.05, 3.63) is 23.8 Å². The van der Waals surface area contributed by atoms with Gasteiger partial charge >= 0.3 is 0 Å². The molecule has 22 heteroatoms. The van der Waals surface area contributed by atoms with Crippen molar-refractivity contribution in [2.24, 2.45) is 47.0 Å². The maximum atomic E-state index is 12.1. The summed E-state index contributed by atoms with van der Waals surface area (Å²) in [5.74, 6) is -1.37. The third-order valence-corrected chi connectivity index (χ3v) is 16.3. The first-order valence-corrected chi connectivity index (χ1v) is 31.2. The lowest BCUT2D eigenvalue weighted by Crippen LogP contribution is -2.46. The van der Waals surface area contributed by atoms with Gasteiger partial charge in [-0.3, -0.25) is 28.5 Å². The first kappa shape index (κ1) is 73.9. The molecule has 0 aliphatic heterocycles. The first-order valence-electron chi connectivity index (χ1n) is 31.2. The molecular weight excluding hydrogens is 1050 g/mol. The average molecular weight is 1170 g/mol. The predicted octanol–water partition coefficient (Wildman–Crippen LogP) is 5.23. The normalized spacial score (nSPS) is 16.4. The van der Waals surface area contributed by atoms with Gasteiger partial charge in [-0.1, -0.05) is 78.7 Å². The molecule has 22 nitrogen and oxygen atoms in total. The Labute approximate surface area is 490 Å². The average Bonchev–Trinajstić information content (AvgIpc) is 4.11. The van der Waals surface area contributed by atoms with Gasteiger partial charge in [-0.2, -0.15) is 0 Å². The third kappa shape index (κ3) is 32.2. The zero-order valence-corrected chi connectivity index (χ0v) is 51.4. The molecule has 12 N–H and O–H groups in total. The molecule has 0 bridgehead atoms. The second-order valence-electron chi connectivity index (χ2n) is 24.3. The fraction of sp³-hybridized carbons (Fsp3) is 0.867. The summed E-state index contributed by atoms with van der Waals surface area (Å²) in [5.41, 5.74) is 12.2. The minimum atomic E-state index is -1.07. The number of nitrogens with zero attached hydrogens (tertiary/aromatic N) is 6. The van der Waals surface area contributed by atoms with Gasteiger partial charge in [-0.15, -0.1) is 10.2 Å². The van der Waals surface area contributed by atoms with E-state index in [4.69, 9.17) is 26.0 Å². The zero-order valence-electron chi connectivity index (χ0n) is 51.4. The summed E-state index contributed by atoms with van der Waals surface area (Å²) in [4.78, 5) is 46.5. The number of rotatable bonds is 51. The van der Waals surface area contributed by atoms with Gasteiger partial charge in [0.25, 0.3) is 0 Å². The van der Waals surface area contributed by atoms with Crippen LogP contribution >= 0.6 is 0 Å². The van der Waals surface area contributed by atoms with Gasteiger partial charge in [-0.25, -0.2) is 0 Å². The van der Waals surface area contributed by atoms with Crippen molar-refractivity contribution in [2.45, 2.75) is 271 Å². The van der Waals surface area contributed by atoms with E-state index in [0.29, 0.717) is 83.6 Å². The Hall–Kier alpha value is -4.16. The number of aliphatic hydroxyl groups excluding tert-OH is 6. The maximum absolute atomic E-state index is 12.1. The van der Waals surface area contributed by atoms with Crippen molar-refractivity contribution < 1.29 is 59.3 Å². The number of carbonyl (C=O) groups excluding carboxylic acids is 4. The largest absolute Gasteiger partial charge is 0.394 e. The van der Waals surface area contributed by atoms with Gasteiger partial charge in [0, 0.05) is 51.5 Å². The molecule has 2 heterocycles. The van der Waals surface area contributed by atoms with Crippen molar-refractivity contribution >= 4 is 23.6 Å². The number of ether oxygens (including phenoxy) is 2. The van der Waals surface area contributed by atoms with E-state index in [1.54, 1.807) is 0 Å². The lowest BCUT2D eigenvalue weighted by molar-refractivity contribution is -0.128. The fourth-order valence-electron chi connectivity index (χ4n) is 9.98. The Morgan fingerprint density at radius 1 is 0.476 bits per heavy atom. The number of aliphatic hydroxyl groups is 6. The molecule has 2 aromatic heterocycles. The summed E-state index contributed by atoms with van der Waals surface area (Å²) in [6, 6.07) is -2.13. The number of hydrogen-bond donors (Lipinski definition) is 10. The van der Waals surface area contributed by atoms with Gasteiger partial charge in [0.2, 0.25) is 23.6 Å². The minimum absolute atomic E-state index is 0.0103. The highest BCUT2D eigenvalue weighted by molar-refractivity contribution is 5.87. The van der Waals surface area contributed by atoms with Crippen LogP contribution in [0, 0.1) is 35.5 Å². The summed E-state index contributed by atoms with van der Waals surface area (Å²) in [6.07, 6.45) is 19.1. The Morgan fingerprint density at radius 2 is 0.854 bits per heavy atom. The smallest absolute Gasteiger partial charge is 0.242 e. The molecule has 0 aromatic carbocycles. The molecule has 0 saturated carbocycles. The van der Waals surface area contributed by atoms with Crippen LogP contribution in [-0.2, 0) is 54.6 Å². The molecule has 0 aliphatic carbocycles. The van der Waals surface area contributed by atoms with Crippen LogP contribution in [0.15, 0.2) is 12.4 Å². The summed E-state index contributed by atoms with van der Waals surface area (Å²) >= 11 is 0. The number of aryl methyl sites for hydroxylation is 4. The summed E-state index contributed by atoms with van der Waals surface area (Å²) in [6.45, 7) is 18.2. The van der Waals surface area contributed by atoms with E-state index in [1.165, 1.54) is 0 Å². The van der Waals surface area contributed by atoms with E-state index in [2.05, 4.69) is 65.9 Å². The van der Waals surface area contributed by atoms with Gasteiger partial charge in [0.05, 0.1) is 61.2 Å². The van der Waals surface area contributed by atoms with Crippen LogP contribution in [0.1, 0.15) is 208 Å². The number of aromatic nitrogens is 6. The van der Waals surface area contributed by atoms with Gasteiger partial charge in [0.15, 0.2) is 0 Å². The van der Waals surface area contributed by atoms with Crippen LogP contribution in [0.3, 0.4) is 0 Å². The highest BCUT2D eigenvalue weighted by Crippen LogP contribution is 2.28. The maximum Gasteiger partial charge on any atom is 0.242 e. The van der Waals surface area contributed by atoms with E-state index < -0.39 is 55.4 Å². The molecule has 0 aliphatic rings. The Balaban J connectivity index is 1.78. The zero-order chi connectivity index (χ0) is 61.0. The Morgan fingerprint density at radius 3 is 1.26 bits per heavy atom. The molecule has 4 amide bonds.